The molecule has 3 fully saturated rings. The van der Waals surface area contributed by atoms with Gasteiger partial charge in [0.25, 0.3) is 0 Å². The number of hydrogen-bond donors (Lipinski definition) is 0. The van der Waals surface area contributed by atoms with Crippen LogP contribution in [-0.4, -0.2) is 17.5 Å². The zero-order chi connectivity index (χ0) is 22.5. The number of H-pyrrole nitrogens is 1. The van der Waals surface area contributed by atoms with Crippen LogP contribution in [0.15, 0.2) is 41.3 Å². The Balaban J connectivity index is 0.00000259. The molecule has 1 aromatic heterocycles. The van der Waals surface area contributed by atoms with Crippen LogP contribution in [0.3, 0.4) is 0 Å². The topological polar surface area (TPSA) is 69.9 Å². The van der Waals surface area contributed by atoms with Gasteiger partial charge in [-0.2, -0.15) is 0 Å². The van der Waals surface area contributed by atoms with E-state index in [1.54, 1.807) is 24.5 Å². The van der Waals surface area contributed by atoms with Gasteiger partial charge in [0.1, 0.15) is 5.56 Å². The highest BCUT2D eigenvalue weighted by atomic mass is 127. The Hall–Kier alpha value is -1.57. The van der Waals surface area contributed by atoms with Gasteiger partial charge in [0.05, 0.1) is 5.71 Å². The third kappa shape index (κ3) is 4.10. The number of oxime groups is 1. The van der Waals surface area contributed by atoms with E-state index >= 15 is 0 Å². The molecule has 0 unspecified atom stereocenters. The molecule has 178 valence electrons. The second kappa shape index (κ2) is 9.23. The molecule has 4 aliphatic carbocycles. The van der Waals surface area contributed by atoms with Crippen molar-refractivity contribution in [3.63, 3.8) is 0 Å². The van der Waals surface area contributed by atoms with Gasteiger partial charge in [-0.1, -0.05) is 24.6 Å². The Labute approximate surface area is 213 Å². The number of rotatable bonds is 3. The first-order valence-electron chi connectivity index (χ1n) is 12.3. The standard InChI is InChI=1S/C27H34N2O3.HI/c1-17(29-32-25(31)18-5-4-14-28-16-18)22-8-9-23-21-7-6-19-15-20(30)10-12-26(19,2)24(21)11-13-27(22,23)3;/h4-5,14-16,21-24H,6-13H2,1-3H3;1H/b29-17+;/t21-,22+,23-,24-,26-,27+;/m0./s1. The highest BCUT2D eigenvalue weighted by Gasteiger charge is 2.59. The van der Waals surface area contributed by atoms with Crippen LogP contribution in [0.5, 0.6) is 0 Å². The van der Waals surface area contributed by atoms with Gasteiger partial charge in [-0.15, -0.1) is 0 Å². The normalized spacial score (nSPS) is 37.7. The fourth-order valence-corrected chi connectivity index (χ4v) is 8.00. The first-order valence-corrected chi connectivity index (χ1v) is 12.3. The van der Waals surface area contributed by atoms with Gasteiger partial charge in [0, 0.05) is 18.4 Å². The summed E-state index contributed by atoms with van der Waals surface area (Å²) in [5.74, 6) is 2.37. The predicted octanol–water partition coefficient (Wildman–Crippen LogP) is 2.19. The molecular formula is C27H35IN2O3. The summed E-state index contributed by atoms with van der Waals surface area (Å²) in [5.41, 5.74) is 3.28. The molecule has 0 aromatic carbocycles. The minimum Gasteiger partial charge on any atom is -1.00 e. The van der Waals surface area contributed by atoms with Crippen molar-refractivity contribution in [1.82, 2.24) is 0 Å². The van der Waals surface area contributed by atoms with Crippen LogP contribution in [0.1, 0.15) is 82.5 Å². The molecule has 0 saturated heterocycles. The van der Waals surface area contributed by atoms with Crippen LogP contribution in [0.4, 0.5) is 0 Å². The molecule has 4 aliphatic rings. The van der Waals surface area contributed by atoms with Crippen LogP contribution in [-0.2, 0) is 9.63 Å². The van der Waals surface area contributed by atoms with Crippen molar-refractivity contribution in [3.05, 3.63) is 41.7 Å². The summed E-state index contributed by atoms with van der Waals surface area (Å²) in [5, 5.41) is 4.32. The number of carbonyl (C=O) groups is 2. The van der Waals surface area contributed by atoms with Gasteiger partial charge in [-0.05, 0) is 92.6 Å². The lowest BCUT2D eigenvalue weighted by Crippen LogP contribution is -3.00. The third-order valence-electron chi connectivity index (χ3n) is 9.68. The van der Waals surface area contributed by atoms with Crippen molar-refractivity contribution in [2.45, 2.75) is 72.1 Å². The van der Waals surface area contributed by atoms with Crippen LogP contribution >= 0.6 is 0 Å². The molecule has 5 nitrogen and oxygen atoms in total. The molecule has 1 aromatic rings. The van der Waals surface area contributed by atoms with Gasteiger partial charge < -0.3 is 28.8 Å². The van der Waals surface area contributed by atoms with Gasteiger partial charge >= 0.3 is 5.97 Å². The summed E-state index contributed by atoms with van der Waals surface area (Å²) in [7, 11) is 0. The van der Waals surface area contributed by atoms with Gasteiger partial charge in [-0.25, -0.2) is 9.78 Å². The van der Waals surface area contributed by atoms with E-state index in [1.165, 1.54) is 31.3 Å². The van der Waals surface area contributed by atoms with E-state index in [2.05, 4.69) is 24.0 Å². The molecule has 0 aliphatic heterocycles. The molecule has 0 radical (unpaired) electrons. The molecule has 3 saturated carbocycles. The first kappa shape index (κ1) is 24.6. The van der Waals surface area contributed by atoms with E-state index in [-0.39, 0.29) is 34.8 Å². The molecule has 6 atom stereocenters. The molecule has 6 heteroatoms. The molecule has 0 bridgehead atoms. The Morgan fingerprint density at radius 3 is 2.70 bits per heavy atom. The number of allylic oxidation sites excluding steroid dienone is 1. The molecule has 33 heavy (non-hydrogen) atoms. The van der Waals surface area contributed by atoms with Crippen LogP contribution in [0.25, 0.3) is 0 Å². The number of aromatic nitrogens is 1. The van der Waals surface area contributed by atoms with Gasteiger partial charge in [-0.3, -0.25) is 4.79 Å². The quantitative estimate of drug-likeness (QED) is 0.246. The monoisotopic (exact) mass is 562 g/mol. The lowest BCUT2D eigenvalue weighted by Gasteiger charge is -2.58. The molecular weight excluding hydrogens is 527 g/mol. The zero-order valence-corrected chi connectivity index (χ0v) is 22.1. The molecule has 1 N–H and O–H groups in total. The van der Waals surface area contributed by atoms with Crippen LogP contribution in [0.2, 0.25) is 0 Å². The Kier molecular flexibility index (Phi) is 6.87. The molecule has 1 heterocycles. The Bertz CT molecular complexity index is 990. The van der Waals surface area contributed by atoms with Crippen molar-refractivity contribution in [3.8, 4) is 0 Å². The zero-order valence-electron chi connectivity index (χ0n) is 19.9. The number of carbonyl (C=O) groups excluding carboxylic acids is 2. The number of hydrogen-bond acceptors (Lipinski definition) is 4. The summed E-state index contributed by atoms with van der Waals surface area (Å²) in [4.78, 5) is 32.6. The smallest absolute Gasteiger partial charge is 0.371 e. The number of ketones is 1. The van der Waals surface area contributed by atoms with Crippen molar-refractivity contribution >= 4 is 17.5 Å². The average molecular weight is 562 g/mol. The highest BCUT2D eigenvalue weighted by molar-refractivity contribution is 5.92. The van der Waals surface area contributed by atoms with E-state index in [9.17, 15) is 9.59 Å². The summed E-state index contributed by atoms with van der Waals surface area (Å²) < 4.78 is 0. The third-order valence-corrected chi connectivity index (χ3v) is 9.68. The van der Waals surface area contributed by atoms with E-state index in [0.29, 0.717) is 35.5 Å². The number of pyridine rings is 1. The Morgan fingerprint density at radius 2 is 1.94 bits per heavy atom. The number of aromatic amines is 1. The van der Waals surface area contributed by atoms with Crippen molar-refractivity contribution in [1.29, 1.82) is 0 Å². The lowest BCUT2D eigenvalue weighted by molar-refractivity contribution is -0.378. The van der Waals surface area contributed by atoms with E-state index in [0.717, 1.165) is 30.9 Å². The average Bonchev–Trinajstić information content (AvgIpc) is 3.15. The van der Waals surface area contributed by atoms with E-state index in [1.807, 2.05) is 13.0 Å². The van der Waals surface area contributed by atoms with Gasteiger partial charge in [0.15, 0.2) is 18.2 Å². The number of fused-ring (bicyclic) bond motifs is 5. The summed E-state index contributed by atoms with van der Waals surface area (Å²) >= 11 is 0. The lowest BCUT2D eigenvalue weighted by atomic mass is 9.46. The fraction of sp³-hybridized carbons (Fsp3) is 0.630. The first-order chi connectivity index (χ1) is 15.3. The summed E-state index contributed by atoms with van der Waals surface area (Å²) in [6.45, 7) is 6.92. The van der Waals surface area contributed by atoms with Crippen molar-refractivity contribution in [2.75, 3.05) is 0 Å². The van der Waals surface area contributed by atoms with Gasteiger partial charge in [0.2, 0.25) is 0 Å². The minimum absolute atomic E-state index is 0. The maximum absolute atomic E-state index is 12.3. The van der Waals surface area contributed by atoms with E-state index in [4.69, 9.17) is 4.84 Å². The fourth-order valence-electron chi connectivity index (χ4n) is 8.00. The largest absolute Gasteiger partial charge is 1.00 e. The summed E-state index contributed by atoms with van der Waals surface area (Å²) in [6, 6.07) is 3.50. The Morgan fingerprint density at radius 1 is 1.12 bits per heavy atom. The van der Waals surface area contributed by atoms with Crippen LogP contribution < -0.4 is 29.0 Å². The minimum atomic E-state index is -0.420. The number of nitrogens with one attached hydrogen (secondary N) is 1. The second-order valence-electron chi connectivity index (χ2n) is 11.0. The highest BCUT2D eigenvalue weighted by Crippen LogP contribution is 2.66. The van der Waals surface area contributed by atoms with E-state index < -0.39 is 5.97 Å². The van der Waals surface area contributed by atoms with Crippen LogP contribution in [0, 0.1) is 34.5 Å². The second-order valence-corrected chi connectivity index (χ2v) is 11.0. The van der Waals surface area contributed by atoms with Crippen molar-refractivity contribution < 1.29 is 43.4 Å². The number of halogens is 1. The number of nitrogens with zero attached hydrogens (tertiary/aromatic N) is 1. The molecule has 0 spiro atoms. The predicted molar refractivity (Wildman–Crippen MR) is 122 cm³/mol. The van der Waals surface area contributed by atoms with Crippen molar-refractivity contribution in [2.24, 2.45) is 39.7 Å². The maximum Gasteiger partial charge on any atom is 0.371 e. The maximum atomic E-state index is 12.3. The molecule has 5 rings (SSSR count). The molecule has 0 amide bonds. The SMILES string of the molecule is C/C(=N\OC(=O)c1ccc[nH+]c1)[C@H]1CC[C@H]2[C@@H]3CCC4=CC(=O)CC[C@]4(C)[C@H]3CC[C@]12C.[I-]. The summed E-state index contributed by atoms with van der Waals surface area (Å²) in [6.07, 6.45) is 14.2.